The van der Waals surface area contributed by atoms with E-state index in [9.17, 15) is 0 Å². The van der Waals surface area contributed by atoms with Crippen molar-refractivity contribution in [1.82, 2.24) is 0 Å². The predicted octanol–water partition coefficient (Wildman–Crippen LogP) is 4.13. The molecule has 2 N–H and O–H groups in total. The molecule has 100 valence electrons. The fourth-order valence-corrected chi connectivity index (χ4v) is 4.26. The van der Waals surface area contributed by atoms with E-state index < -0.39 is 0 Å². The molecule has 2 aromatic rings. The van der Waals surface area contributed by atoms with Gasteiger partial charge in [-0.05, 0) is 36.3 Å². The molecule has 0 radical (unpaired) electrons. The molecule has 1 aromatic carbocycles. The third kappa shape index (κ3) is 2.47. The average Bonchev–Trinajstić information content (AvgIpc) is 3.11. The summed E-state index contributed by atoms with van der Waals surface area (Å²) in [6, 6.07) is 15.5. The number of nitrogens with two attached hydrogens (primary N) is 1. The molecule has 2 heteroatoms. The summed E-state index contributed by atoms with van der Waals surface area (Å²) in [5.74, 6) is 0. The fraction of sp³-hybridized carbons (Fsp3) is 0.412. The Bertz CT molecular complexity index is 497. The number of thiophene rings is 1. The minimum atomic E-state index is 0.200. The van der Waals surface area contributed by atoms with Crippen LogP contribution in [0.5, 0.6) is 0 Å². The average molecular weight is 271 g/mol. The summed E-state index contributed by atoms with van der Waals surface area (Å²) in [5, 5.41) is 2.14. The summed E-state index contributed by atoms with van der Waals surface area (Å²) >= 11 is 1.82. The van der Waals surface area contributed by atoms with Gasteiger partial charge in [-0.3, -0.25) is 0 Å². The standard InChI is InChI=1S/C17H21NS/c18-16(13-15-9-6-12-19-15)17(10-4-5-11-17)14-7-2-1-3-8-14/h1-3,6-9,12,16H,4-5,10-11,13,18H2. The van der Waals surface area contributed by atoms with E-state index in [0.717, 1.165) is 6.42 Å². The maximum atomic E-state index is 6.64. The summed E-state index contributed by atoms with van der Waals surface area (Å²) in [5.41, 5.74) is 8.28. The van der Waals surface area contributed by atoms with Crippen LogP contribution in [0.4, 0.5) is 0 Å². The van der Waals surface area contributed by atoms with Crippen LogP contribution < -0.4 is 5.73 Å². The molecule has 1 fully saturated rings. The van der Waals surface area contributed by atoms with Crippen LogP contribution in [0.25, 0.3) is 0 Å². The molecule has 1 heterocycles. The van der Waals surface area contributed by atoms with Gasteiger partial charge >= 0.3 is 0 Å². The van der Waals surface area contributed by atoms with Gasteiger partial charge in [0.2, 0.25) is 0 Å². The van der Waals surface area contributed by atoms with Crippen molar-refractivity contribution >= 4 is 11.3 Å². The highest BCUT2D eigenvalue weighted by Crippen LogP contribution is 2.44. The number of hydrogen-bond acceptors (Lipinski definition) is 2. The van der Waals surface area contributed by atoms with Crippen molar-refractivity contribution in [3.05, 3.63) is 58.3 Å². The molecule has 0 amide bonds. The zero-order valence-electron chi connectivity index (χ0n) is 11.2. The minimum Gasteiger partial charge on any atom is -0.327 e. The van der Waals surface area contributed by atoms with Crippen molar-refractivity contribution in [2.24, 2.45) is 5.73 Å². The topological polar surface area (TPSA) is 26.0 Å². The highest BCUT2D eigenvalue weighted by Gasteiger charge is 2.40. The Labute approximate surface area is 119 Å². The Morgan fingerprint density at radius 1 is 1.05 bits per heavy atom. The van der Waals surface area contributed by atoms with Crippen LogP contribution in [0.3, 0.4) is 0 Å². The molecule has 0 aliphatic heterocycles. The molecule has 19 heavy (non-hydrogen) atoms. The van der Waals surface area contributed by atoms with Crippen molar-refractivity contribution in [1.29, 1.82) is 0 Å². The van der Waals surface area contributed by atoms with Gasteiger partial charge in [-0.1, -0.05) is 49.2 Å². The van der Waals surface area contributed by atoms with Crippen LogP contribution in [0, 0.1) is 0 Å². The lowest BCUT2D eigenvalue weighted by Crippen LogP contribution is -2.44. The van der Waals surface area contributed by atoms with Gasteiger partial charge in [-0.2, -0.15) is 0 Å². The molecule has 1 nitrogen and oxygen atoms in total. The van der Waals surface area contributed by atoms with Crippen LogP contribution in [0.15, 0.2) is 47.8 Å². The zero-order valence-corrected chi connectivity index (χ0v) is 12.0. The molecule has 0 bridgehead atoms. The van der Waals surface area contributed by atoms with E-state index in [1.54, 1.807) is 0 Å². The van der Waals surface area contributed by atoms with Crippen molar-refractivity contribution in [2.45, 2.75) is 43.6 Å². The third-order valence-corrected chi connectivity index (χ3v) is 5.45. The first-order chi connectivity index (χ1) is 9.31. The van der Waals surface area contributed by atoms with E-state index in [1.807, 2.05) is 11.3 Å². The van der Waals surface area contributed by atoms with Crippen molar-refractivity contribution in [3.63, 3.8) is 0 Å². The van der Waals surface area contributed by atoms with E-state index in [1.165, 1.54) is 36.1 Å². The van der Waals surface area contributed by atoms with Crippen LogP contribution in [-0.4, -0.2) is 6.04 Å². The van der Waals surface area contributed by atoms with Gasteiger partial charge in [0.25, 0.3) is 0 Å². The van der Waals surface area contributed by atoms with E-state index in [0.29, 0.717) is 0 Å². The molecular formula is C17H21NS. The SMILES string of the molecule is NC(Cc1cccs1)C1(c2ccccc2)CCCC1. The monoisotopic (exact) mass is 271 g/mol. The highest BCUT2D eigenvalue weighted by molar-refractivity contribution is 7.09. The Kier molecular flexibility index (Phi) is 3.72. The Morgan fingerprint density at radius 3 is 2.42 bits per heavy atom. The first-order valence-electron chi connectivity index (χ1n) is 7.15. The normalized spacial score (nSPS) is 19.4. The summed E-state index contributed by atoms with van der Waals surface area (Å²) in [7, 11) is 0. The second kappa shape index (κ2) is 5.48. The van der Waals surface area contributed by atoms with Gasteiger partial charge in [-0.15, -0.1) is 11.3 Å². The maximum absolute atomic E-state index is 6.64. The van der Waals surface area contributed by atoms with Crippen LogP contribution in [-0.2, 0) is 11.8 Å². The Morgan fingerprint density at radius 2 is 1.79 bits per heavy atom. The van der Waals surface area contributed by atoms with Gasteiger partial charge in [0.05, 0.1) is 0 Å². The van der Waals surface area contributed by atoms with Crippen LogP contribution in [0.1, 0.15) is 36.1 Å². The smallest absolute Gasteiger partial charge is 0.0185 e. The predicted molar refractivity (Wildman–Crippen MR) is 82.6 cm³/mol. The zero-order chi connectivity index (χ0) is 13.1. The molecule has 3 rings (SSSR count). The lowest BCUT2D eigenvalue weighted by Gasteiger charge is -2.36. The summed E-state index contributed by atoms with van der Waals surface area (Å²) in [6.07, 6.45) is 6.11. The van der Waals surface area contributed by atoms with Crippen molar-refractivity contribution in [2.75, 3.05) is 0 Å². The molecule has 1 atom stereocenters. The van der Waals surface area contributed by atoms with Gasteiger partial charge in [0.15, 0.2) is 0 Å². The lowest BCUT2D eigenvalue weighted by atomic mass is 9.72. The molecule has 1 unspecified atom stereocenters. The summed E-state index contributed by atoms with van der Waals surface area (Å²) < 4.78 is 0. The first-order valence-corrected chi connectivity index (χ1v) is 8.03. The summed E-state index contributed by atoms with van der Waals surface area (Å²) in [6.45, 7) is 0. The van der Waals surface area contributed by atoms with Crippen molar-refractivity contribution < 1.29 is 0 Å². The van der Waals surface area contributed by atoms with Crippen molar-refractivity contribution in [3.8, 4) is 0 Å². The second-order valence-electron chi connectivity index (χ2n) is 5.62. The van der Waals surface area contributed by atoms with E-state index in [2.05, 4.69) is 47.8 Å². The number of rotatable bonds is 4. The van der Waals surface area contributed by atoms with E-state index >= 15 is 0 Å². The maximum Gasteiger partial charge on any atom is 0.0185 e. The molecule has 0 saturated heterocycles. The quantitative estimate of drug-likeness (QED) is 0.889. The Balaban J connectivity index is 1.88. The number of benzene rings is 1. The fourth-order valence-electron chi connectivity index (χ4n) is 3.49. The van der Waals surface area contributed by atoms with Gasteiger partial charge < -0.3 is 5.73 Å². The molecule has 1 aliphatic carbocycles. The lowest BCUT2D eigenvalue weighted by molar-refractivity contribution is 0.348. The number of hydrogen-bond donors (Lipinski definition) is 1. The van der Waals surface area contributed by atoms with Gasteiger partial charge in [0.1, 0.15) is 0 Å². The summed E-state index contributed by atoms with van der Waals surface area (Å²) in [4.78, 5) is 1.41. The molecule has 1 aliphatic rings. The van der Waals surface area contributed by atoms with Crippen LogP contribution in [0.2, 0.25) is 0 Å². The van der Waals surface area contributed by atoms with E-state index in [-0.39, 0.29) is 11.5 Å². The van der Waals surface area contributed by atoms with Crippen LogP contribution >= 0.6 is 11.3 Å². The highest BCUT2D eigenvalue weighted by atomic mass is 32.1. The molecule has 1 aromatic heterocycles. The first kappa shape index (κ1) is 12.9. The molecule has 0 spiro atoms. The third-order valence-electron chi connectivity index (χ3n) is 4.56. The molecule has 1 saturated carbocycles. The van der Waals surface area contributed by atoms with Gasteiger partial charge in [-0.25, -0.2) is 0 Å². The largest absolute Gasteiger partial charge is 0.327 e. The van der Waals surface area contributed by atoms with E-state index in [4.69, 9.17) is 5.73 Å². The van der Waals surface area contributed by atoms with Gasteiger partial charge in [0, 0.05) is 16.3 Å². The minimum absolute atomic E-state index is 0.200. The Hall–Kier alpha value is -1.12. The second-order valence-corrected chi connectivity index (χ2v) is 6.65. The molecular weight excluding hydrogens is 250 g/mol.